The molecule has 0 aliphatic rings. The fraction of sp³-hybridized carbons (Fsp3) is 0.235. The van der Waals surface area contributed by atoms with E-state index in [1.807, 2.05) is 24.3 Å². The van der Waals surface area contributed by atoms with Crippen LogP contribution >= 0.6 is 23.8 Å². The van der Waals surface area contributed by atoms with Crippen molar-refractivity contribution >= 4 is 34.6 Å². The van der Waals surface area contributed by atoms with Gasteiger partial charge in [-0.1, -0.05) is 30.7 Å². The minimum atomic E-state index is -0.458. The SMILES string of the molecule is CC[C@H](NC(=S)Nc1ccc(F)c(Cl)c1)c1ccc(OC)cc1. The molecule has 0 amide bonds. The highest BCUT2D eigenvalue weighted by Gasteiger charge is 2.11. The van der Waals surface area contributed by atoms with Crippen molar-refractivity contribution < 1.29 is 9.13 Å². The molecule has 0 aliphatic carbocycles. The Kier molecular flexibility index (Phi) is 6.19. The minimum Gasteiger partial charge on any atom is -0.497 e. The smallest absolute Gasteiger partial charge is 0.171 e. The summed E-state index contributed by atoms with van der Waals surface area (Å²) in [7, 11) is 1.64. The average molecular weight is 353 g/mol. The van der Waals surface area contributed by atoms with Gasteiger partial charge in [0.2, 0.25) is 0 Å². The van der Waals surface area contributed by atoms with Crippen LogP contribution in [0.5, 0.6) is 5.75 Å². The molecule has 0 radical (unpaired) electrons. The number of hydrogen-bond acceptors (Lipinski definition) is 2. The number of nitrogens with one attached hydrogen (secondary N) is 2. The molecular formula is C17H18ClFN2OS. The number of rotatable bonds is 5. The molecule has 6 heteroatoms. The van der Waals surface area contributed by atoms with Gasteiger partial charge >= 0.3 is 0 Å². The second kappa shape index (κ2) is 8.13. The van der Waals surface area contributed by atoms with Gasteiger partial charge in [-0.25, -0.2) is 4.39 Å². The Morgan fingerprint density at radius 1 is 1.26 bits per heavy atom. The van der Waals surface area contributed by atoms with E-state index in [1.54, 1.807) is 13.2 Å². The summed E-state index contributed by atoms with van der Waals surface area (Å²) in [4.78, 5) is 0. The first-order valence-corrected chi connectivity index (χ1v) is 7.98. The highest BCUT2D eigenvalue weighted by Crippen LogP contribution is 2.22. The Hall–Kier alpha value is -1.85. The number of thiocarbonyl (C=S) groups is 1. The molecule has 2 aromatic rings. The number of halogens is 2. The van der Waals surface area contributed by atoms with Gasteiger partial charge in [-0.2, -0.15) is 0 Å². The topological polar surface area (TPSA) is 33.3 Å². The molecule has 0 heterocycles. The van der Waals surface area contributed by atoms with Crippen molar-refractivity contribution in [3.63, 3.8) is 0 Å². The van der Waals surface area contributed by atoms with E-state index < -0.39 is 5.82 Å². The molecule has 2 aromatic carbocycles. The van der Waals surface area contributed by atoms with Crippen LogP contribution in [-0.4, -0.2) is 12.2 Å². The van der Waals surface area contributed by atoms with Crippen LogP contribution in [0.15, 0.2) is 42.5 Å². The summed E-state index contributed by atoms with van der Waals surface area (Å²) in [5.74, 6) is 0.353. The van der Waals surface area contributed by atoms with Gasteiger partial charge in [-0.15, -0.1) is 0 Å². The van der Waals surface area contributed by atoms with Gasteiger partial charge in [-0.3, -0.25) is 0 Å². The molecule has 0 saturated heterocycles. The van der Waals surface area contributed by atoms with Crippen molar-refractivity contribution in [3.8, 4) is 5.75 Å². The molecule has 2 rings (SSSR count). The quantitative estimate of drug-likeness (QED) is 0.748. The summed E-state index contributed by atoms with van der Waals surface area (Å²) in [6.07, 6.45) is 0.859. The molecule has 0 saturated carbocycles. The molecule has 2 N–H and O–H groups in total. The minimum absolute atomic E-state index is 0.0556. The standard InChI is InChI=1S/C17H18ClFN2OS/c1-3-16(11-4-7-13(22-2)8-5-11)21-17(23)20-12-6-9-15(19)14(18)10-12/h4-10,16H,3H2,1-2H3,(H2,20,21,23)/t16-/m0/s1. The average Bonchev–Trinajstić information content (AvgIpc) is 2.56. The first-order valence-electron chi connectivity index (χ1n) is 7.20. The molecule has 0 aliphatic heterocycles. The maximum absolute atomic E-state index is 13.2. The number of benzene rings is 2. The Balaban J connectivity index is 2.02. The number of methoxy groups -OCH3 is 1. The number of ether oxygens (including phenoxy) is 1. The van der Waals surface area contributed by atoms with E-state index in [9.17, 15) is 4.39 Å². The monoisotopic (exact) mass is 352 g/mol. The fourth-order valence-corrected chi connectivity index (χ4v) is 2.60. The van der Waals surface area contributed by atoms with Crippen LogP contribution in [-0.2, 0) is 0 Å². The summed E-state index contributed by atoms with van der Waals surface area (Å²) in [5.41, 5.74) is 1.74. The first kappa shape index (κ1) is 17.5. The van der Waals surface area contributed by atoms with Crippen LogP contribution in [0.3, 0.4) is 0 Å². The second-order valence-electron chi connectivity index (χ2n) is 4.96. The highest BCUT2D eigenvalue weighted by atomic mass is 35.5. The molecule has 23 heavy (non-hydrogen) atoms. The summed E-state index contributed by atoms with van der Waals surface area (Å²) in [5, 5.41) is 6.77. The van der Waals surface area contributed by atoms with Crippen LogP contribution in [0.2, 0.25) is 5.02 Å². The molecule has 0 fully saturated rings. The lowest BCUT2D eigenvalue weighted by atomic mass is 10.0. The number of hydrogen-bond donors (Lipinski definition) is 2. The van der Waals surface area contributed by atoms with Crippen molar-refractivity contribution in [2.45, 2.75) is 19.4 Å². The second-order valence-corrected chi connectivity index (χ2v) is 5.78. The lowest BCUT2D eigenvalue weighted by Gasteiger charge is -2.20. The van der Waals surface area contributed by atoms with E-state index in [0.29, 0.717) is 10.8 Å². The summed E-state index contributed by atoms with van der Waals surface area (Å²) >= 11 is 11.1. The maximum atomic E-state index is 13.2. The third kappa shape index (κ3) is 4.81. The van der Waals surface area contributed by atoms with Gasteiger partial charge in [-0.05, 0) is 54.5 Å². The van der Waals surface area contributed by atoms with Crippen LogP contribution in [0, 0.1) is 5.82 Å². The van der Waals surface area contributed by atoms with Crippen molar-refractivity contribution in [3.05, 3.63) is 58.9 Å². The maximum Gasteiger partial charge on any atom is 0.171 e. The molecule has 3 nitrogen and oxygen atoms in total. The van der Waals surface area contributed by atoms with Gasteiger partial charge in [0.15, 0.2) is 5.11 Å². The zero-order valence-corrected chi connectivity index (χ0v) is 14.5. The Morgan fingerprint density at radius 2 is 1.96 bits per heavy atom. The normalized spacial score (nSPS) is 11.7. The Morgan fingerprint density at radius 3 is 2.52 bits per heavy atom. The molecule has 0 aromatic heterocycles. The molecule has 0 spiro atoms. The van der Waals surface area contributed by atoms with E-state index in [4.69, 9.17) is 28.6 Å². The third-order valence-electron chi connectivity index (χ3n) is 3.41. The van der Waals surface area contributed by atoms with Crippen molar-refractivity contribution in [1.29, 1.82) is 0 Å². The van der Waals surface area contributed by atoms with Gasteiger partial charge in [0.05, 0.1) is 18.2 Å². The highest BCUT2D eigenvalue weighted by molar-refractivity contribution is 7.80. The van der Waals surface area contributed by atoms with Crippen LogP contribution in [0.25, 0.3) is 0 Å². The summed E-state index contributed by atoms with van der Waals surface area (Å²) in [6.45, 7) is 2.07. The lowest BCUT2D eigenvalue weighted by Crippen LogP contribution is -2.32. The van der Waals surface area contributed by atoms with Gasteiger partial charge in [0, 0.05) is 5.69 Å². The van der Waals surface area contributed by atoms with Crippen LogP contribution in [0.4, 0.5) is 10.1 Å². The van der Waals surface area contributed by atoms with Crippen molar-refractivity contribution in [2.24, 2.45) is 0 Å². The van der Waals surface area contributed by atoms with Crippen LogP contribution < -0.4 is 15.4 Å². The molecular weight excluding hydrogens is 335 g/mol. The zero-order chi connectivity index (χ0) is 16.8. The predicted octanol–water partition coefficient (Wildman–Crippen LogP) is 4.93. The summed E-state index contributed by atoms with van der Waals surface area (Å²) in [6, 6.07) is 12.3. The largest absolute Gasteiger partial charge is 0.497 e. The van der Waals surface area contributed by atoms with Crippen molar-refractivity contribution in [1.82, 2.24) is 5.32 Å². The fourth-order valence-electron chi connectivity index (χ4n) is 2.16. The Bertz CT molecular complexity index is 679. The van der Waals surface area contributed by atoms with E-state index in [0.717, 1.165) is 17.7 Å². The van der Waals surface area contributed by atoms with Gasteiger partial charge in [0.25, 0.3) is 0 Å². The van der Waals surface area contributed by atoms with E-state index in [2.05, 4.69) is 17.6 Å². The van der Waals surface area contributed by atoms with E-state index >= 15 is 0 Å². The Labute approximate surface area is 145 Å². The van der Waals surface area contributed by atoms with Gasteiger partial charge in [0.1, 0.15) is 11.6 Å². The molecule has 0 unspecified atom stereocenters. The van der Waals surface area contributed by atoms with Crippen LogP contribution in [0.1, 0.15) is 24.9 Å². The van der Waals surface area contributed by atoms with E-state index in [1.165, 1.54) is 12.1 Å². The molecule has 1 atom stereocenters. The van der Waals surface area contributed by atoms with E-state index in [-0.39, 0.29) is 11.1 Å². The predicted molar refractivity (Wildman–Crippen MR) is 96.8 cm³/mol. The first-order chi connectivity index (χ1) is 11.0. The van der Waals surface area contributed by atoms with Gasteiger partial charge < -0.3 is 15.4 Å². The number of anilines is 1. The third-order valence-corrected chi connectivity index (χ3v) is 3.92. The van der Waals surface area contributed by atoms with Crippen molar-refractivity contribution in [2.75, 3.05) is 12.4 Å². The molecule has 0 bridgehead atoms. The zero-order valence-electron chi connectivity index (χ0n) is 12.9. The summed E-state index contributed by atoms with van der Waals surface area (Å²) < 4.78 is 18.3. The molecule has 122 valence electrons. The lowest BCUT2D eigenvalue weighted by molar-refractivity contribution is 0.414.